The third-order valence-corrected chi connectivity index (χ3v) is 2.53. The Kier molecular flexibility index (Phi) is 2.99. The second-order valence-electron chi connectivity index (χ2n) is 3.80. The lowest BCUT2D eigenvalue weighted by Gasteiger charge is -2.28. The van der Waals surface area contributed by atoms with Crippen molar-refractivity contribution in [3.05, 3.63) is 24.5 Å². The molecule has 0 aromatic carbocycles. The van der Waals surface area contributed by atoms with Gasteiger partial charge in [0.15, 0.2) is 0 Å². The second-order valence-corrected chi connectivity index (χ2v) is 3.80. The number of aromatic nitrogens is 1. The van der Waals surface area contributed by atoms with Crippen LogP contribution < -0.4 is 10.1 Å². The molecule has 2 atom stereocenters. The van der Waals surface area contributed by atoms with E-state index in [9.17, 15) is 0 Å². The van der Waals surface area contributed by atoms with E-state index < -0.39 is 0 Å². The molecule has 2 heterocycles. The molecule has 76 valence electrons. The van der Waals surface area contributed by atoms with Crippen LogP contribution in [0.3, 0.4) is 0 Å². The van der Waals surface area contributed by atoms with E-state index in [1.165, 1.54) is 0 Å². The van der Waals surface area contributed by atoms with Gasteiger partial charge in [-0.05, 0) is 38.4 Å². The maximum Gasteiger partial charge on any atom is 0.122 e. The Hall–Kier alpha value is -1.09. The summed E-state index contributed by atoms with van der Waals surface area (Å²) in [6.45, 7) is 3.25. The lowest BCUT2D eigenvalue weighted by Crippen LogP contribution is -2.40. The van der Waals surface area contributed by atoms with E-state index >= 15 is 0 Å². The number of piperidine rings is 1. The lowest BCUT2D eigenvalue weighted by molar-refractivity contribution is 0.144. The number of pyridine rings is 1. The molecule has 0 radical (unpaired) electrons. The van der Waals surface area contributed by atoms with Crippen molar-refractivity contribution >= 4 is 0 Å². The minimum atomic E-state index is 0.355. The Balaban J connectivity index is 1.91. The number of hydrogen-bond acceptors (Lipinski definition) is 3. The molecule has 2 rings (SSSR count). The van der Waals surface area contributed by atoms with Gasteiger partial charge in [0, 0.05) is 18.4 Å². The summed E-state index contributed by atoms with van der Waals surface area (Å²) in [5, 5.41) is 3.41. The van der Waals surface area contributed by atoms with Crippen molar-refractivity contribution in [2.24, 2.45) is 0 Å². The molecule has 1 fully saturated rings. The van der Waals surface area contributed by atoms with E-state index in [1.54, 1.807) is 12.4 Å². The van der Waals surface area contributed by atoms with Crippen LogP contribution in [0.5, 0.6) is 5.75 Å². The zero-order valence-corrected chi connectivity index (χ0v) is 8.44. The van der Waals surface area contributed by atoms with Crippen molar-refractivity contribution in [1.82, 2.24) is 10.3 Å². The smallest absolute Gasteiger partial charge is 0.122 e. The first-order valence-corrected chi connectivity index (χ1v) is 5.14. The van der Waals surface area contributed by atoms with Crippen molar-refractivity contribution in [2.45, 2.75) is 31.9 Å². The summed E-state index contributed by atoms with van der Waals surface area (Å²) < 4.78 is 5.85. The molecule has 3 heteroatoms. The molecule has 1 aromatic heterocycles. The second kappa shape index (κ2) is 4.42. The highest BCUT2D eigenvalue weighted by atomic mass is 16.5. The maximum atomic E-state index is 5.85. The first-order valence-electron chi connectivity index (χ1n) is 5.14. The van der Waals surface area contributed by atoms with E-state index in [0.29, 0.717) is 12.1 Å². The minimum Gasteiger partial charge on any atom is -0.490 e. The van der Waals surface area contributed by atoms with Gasteiger partial charge in [-0.2, -0.15) is 0 Å². The van der Waals surface area contributed by atoms with Crippen LogP contribution >= 0.6 is 0 Å². The standard InChI is InChI=1S/C11H16N2O/c1-9-8-11(4-7-13-9)14-10-2-5-12-6-3-10/h2-3,5-6,9,11,13H,4,7-8H2,1H3/t9-,11-/m0/s1. The zero-order chi connectivity index (χ0) is 9.80. The molecule has 0 aliphatic carbocycles. The van der Waals surface area contributed by atoms with Gasteiger partial charge >= 0.3 is 0 Å². The number of nitrogens with zero attached hydrogens (tertiary/aromatic N) is 1. The highest BCUT2D eigenvalue weighted by Crippen LogP contribution is 2.17. The fourth-order valence-electron chi connectivity index (χ4n) is 1.80. The summed E-state index contributed by atoms with van der Waals surface area (Å²) in [6, 6.07) is 4.38. The summed E-state index contributed by atoms with van der Waals surface area (Å²) in [6.07, 6.45) is 6.06. The first kappa shape index (κ1) is 9.46. The third kappa shape index (κ3) is 2.45. The van der Waals surface area contributed by atoms with Crippen molar-refractivity contribution in [2.75, 3.05) is 6.54 Å². The Bertz CT molecular complexity index is 276. The molecule has 0 unspecified atom stereocenters. The molecule has 0 spiro atoms. The summed E-state index contributed by atoms with van der Waals surface area (Å²) in [7, 11) is 0. The van der Waals surface area contributed by atoms with Gasteiger partial charge < -0.3 is 10.1 Å². The molecule has 0 amide bonds. The van der Waals surface area contributed by atoms with Crippen LogP contribution in [0.2, 0.25) is 0 Å². The van der Waals surface area contributed by atoms with Crippen molar-refractivity contribution < 1.29 is 4.74 Å². The summed E-state index contributed by atoms with van der Waals surface area (Å²) in [4.78, 5) is 3.96. The van der Waals surface area contributed by atoms with Crippen LogP contribution in [-0.2, 0) is 0 Å². The monoisotopic (exact) mass is 192 g/mol. The van der Waals surface area contributed by atoms with Crippen LogP contribution in [0.25, 0.3) is 0 Å². The summed E-state index contributed by atoms with van der Waals surface area (Å²) in [5.41, 5.74) is 0. The molecule has 3 nitrogen and oxygen atoms in total. The fourth-order valence-corrected chi connectivity index (χ4v) is 1.80. The third-order valence-electron chi connectivity index (χ3n) is 2.53. The predicted octanol–water partition coefficient (Wildman–Crippen LogP) is 1.60. The topological polar surface area (TPSA) is 34.1 Å². The number of nitrogens with one attached hydrogen (secondary N) is 1. The Morgan fingerprint density at radius 1 is 1.43 bits per heavy atom. The fraction of sp³-hybridized carbons (Fsp3) is 0.545. The van der Waals surface area contributed by atoms with Crippen LogP contribution in [0.1, 0.15) is 19.8 Å². The molecule has 1 aromatic rings. The quantitative estimate of drug-likeness (QED) is 0.772. The van der Waals surface area contributed by atoms with Gasteiger partial charge in [0.25, 0.3) is 0 Å². The van der Waals surface area contributed by atoms with E-state index in [2.05, 4.69) is 17.2 Å². The number of rotatable bonds is 2. The average molecular weight is 192 g/mol. The van der Waals surface area contributed by atoms with E-state index in [1.807, 2.05) is 12.1 Å². The zero-order valence-electron chi connectivity index (χ0n) is 8.44. The van der Waals surface area contributed by atoms with Crippen LogP contribution in [0.4, 0.5) is 0 Å². The Morgan fingerprint density at radius 2 is 2.21 bits per heavy atom. The SMILES string of the molecule is C[C@H]1C[C@@H](Oc2ccncc2)CCN1. The van der Waals surface area contributed by atoms with Gasteiger partial charge in [-0.25, -0.2) is 0 Å². The lowest BCUT2D eigenvalue weighted by atomic mass is 10.0. The first-order chi connectivity index (χ1) is 6.84. The van der Waals surface area contributed by atoms with Crippen LogP contribution in [0, 0.1) is 0 Å². The molecule has 1 aliphatic heterocycles. The highest BCUT2D eigenvalue weighted by molar-refractivity contribution is 5.17. The van der Waals surface area contributed by atoms with E-state index in [-0.39, 0.29) is 0 Å². The normalized spacial score (nSPS) is 27.2. The van der Waals surface area contributed by atoms with Crippen molar-refractivity contribution in [3.63, 3.8) is 0 Å². The van der Waals surface area contributed by atoms with Gasteiger partial charge in [-0.3, -0.25) is 4.98 Å². The van der Waals surface area contributed by atoms with Crippen LogP contribution in [0.15, 0.2) is 24.5 Å². The summed E-state index contributed by atoms with van der Waals surface area (Å²) in [5.74, 6) is 0.930. The van der Waals surface area contributed by atoms with Crippen molar-refractivity contribution in [1.29, 1.82) is 0 Å². The molecule has 0 bridgehead atoms. The number of hydrogen-bond donors (Lipinski definition) is 1. The average Bonchev–Trinajstić information content (AvgIpc) is 2.19. The minimum absolute atomic E-state index is 0.355. The number of ether oxygens (including phenoxy) is 1. The van der Waals surface area contributed by atoms with Gasteiger partial charge in [0.05, 0.1) is 0 Å². The van der Waals surface area contributed by atoms with Gasteiger partial charge in [-0.1, -0.05) is 0 Å². The molecular formula is C11H16N2O. The molecule has 1 N–H and O–H groups in total. The molecule has 14 heavy (non-hydrogen) atoms. The maximum absolute atomic E-state index is 5.85. The van der Waals surface area contributed by atoms with E-state index in [0.717, 1.165) is 25.1 Å². The van der Waals surface area contributed by atoms with Gasteiger partial charge in [-0.15, -0.1) is 0 Å². The van der Waals surface area contributed by atoms with Gasteiger partial charge in [0.2, 0.25) is 0 Å². The predicted molar refractivity (Wildman–Crippen MR) is 55.4 cm³/mol. The molecular weight excluding hydrogens is 176 g/mol. The van der Waals surface area contributed by atoms with Crippen molar-refractivity contribution in [3.8, 4) is 5.75 Å². The van der Waals surface area contributed by atoms with Crippen LogP contribution in [-0.4, -0.2) is 23.7 Å². The molecule has 1 aliphatic rings. The highest BCUT2D eigenvalue weighted by Gasteiger charge is 2.19. The summed E-state index contributed by atoms with van der Waals surface area (Å²) >= 11 is 0. The Morgan fingerprint density at radius 3 is 2.93 bits per heavy atom. The van der Waals surface area contributed by atoms with Gasteiger partial charge in [0.1, 0.15) is 11.9 Å². The van der Waals surface area contributed by atoms with E-state index in [4.69, 9.17) is 4.74 Å². The Labute approximate surface area is 84.5 Å². The molecule has 0 saturated carbocycles. The molecule has 1 saturated heterocycles. The largest absolute Gasteiger partial charge is 0.490 e.